The first-order valence-corrected chi connectivity index (χ1v) is 7.78. The van der Waals surface area contributed by atoms with Crippen molar-refractivity contribution in [3.05, 3.63) is 12.4 Å². The summed E-state index contributed by atoms with van der Waals surface area (Å²) in [6.07, 6.45) is 2.72. The van der Waals surface area contributed by atoms with Crippen LogP contribution in [0, 0.1) is 5.92 Å². The third-order valence-corrected chi connectivity index (χ3v) is 5.17. The van der Waals surface area contributed by atoms with E-state index >= 15 is 0 Å². The number of hydrogen-bond donors (Lipinski definition) is 2. The molecule has 0 aliphatic carbocycles. The third-order valence-electron chi connectivity index (χ3n) is 3.36. The third kappa shape index (κ3) is 3.39. The van der Waals surface area contributed by atoms with Gasteiger partial charge in [0.05, 0.1) is 25.1 Å². The summed E-state index contributed by atoms with van der Waals surface area (Å²) in [7, 11) is -3.73. The number of amides is 1. The van der Waals surface area contributed by atoms with E-state index in [1.165, 1.54) is 21.4 Å². The van der Waals surface area contributed by atoms with Gasteiger partial charge in [-0.05, 0) is 6.42 Å². The zero-order valence-electron chi connectivity index (χ0n) is 11.2. The molecule has 1 aromatic heterocycles. The molecule has 9 nitrogen and oxygen atoms in total. The molecule has 10 heteroatoms. The normalized spacial score (nSPS) is 19.7. The van der Waals surface area contributed by atoms with Crippen LogP contribution in [-0.4, -0.2) is 52.6 Å². The van der Waals surface area contributed by atoms with Crippen LogP contribution in [0.4, 0.5) is 0 Å². The molecule has 0 aromatic carbocycles. The van der Waals surface area contributed by atoms with E-state index in [1.54, 1.807) is 0 Å². The minimum absolute atomic E-state index is 0.0157. The quantitative estimate of drug-likeness (QED) is 0.680. The Morgan fingerprint density at radius 1 is 1.48 bits per heavy atom. The summed E-state index contributed by atoms with van der Waals surface area (Å²) in [5, 5.41) is 12.4. The summed E-state index contributed by atoms with van der Waals surface area (Å²) in [5.74, 6) is -1.97. The van der Waals surface area contributed by atoms with Gasteiger partial charge in [0.25, 0.3) is 0 Å². The van der Waals surface area contributed by atoms with Crippen molar-refractivity contribution in [2.45, 2.75) is 24.3 Å². The Hall–Kier alpha value is -1.94. The Balaban J connectivity index is 2.10. The van der Waals surface area contributed by atoms with Gasteiger partial charge in [-0.1, -0.05) is 0 Å². The SMILES string of the molecule is NC(=O)C1CCN(S(=O)(=O)c2cnn(CCC(=O)O)c2)C1. The lowest BCUT2D eigenvalue weighted by Gasteiger charge is -2.14. The number of hydrogen-bond acceptors (Lipinski definition) is 5. The molecule has 0 saturated carbocycles. The molecule has 116 valence electrons. The number of carbonyl (C=O) groups is 2. The number of aromatic nitrogens is 2. The first kappa shape index (κ1) is 15.4. The van der Waals surface area contributed by atoms with Gasteiger partial charge in [-0.2, -0.15) is 9.40 Å². The molecule has 1 saturated heterocycles. The maximum atomic E-state index is 12.4. The molecule has 1 aliphatic heterocycles. The van der Waals surface area contributed by atoms with Gasteiger partial charge in [0, 0.05) is 19.3 Å². The van der Waals surface area contributed by atoms with E-state index in [2.05, 4.69) is 5.10 Å². The molecule has 1 unspecified atom stereocenters. The predicted molar refractivity (Wildman–Crippen MR) is 70.5 cm³/mol. The van der Waals surface area contributed by atoms with Gasteiger partial charge in [-0.3, -0.25) is 14.3 Å². The summed E-state index contributed by atoms with van der Waals surface area (Å²) in [6.45, 7) is 0.392. The van der Waals surface area contributed by atoms with Crippen LogP contribution in [-0.2, 0) is 26.2 Å². The van der Waals surface area contributed by atoms with E-state index in [0.717, 1.165) is 0 Å². The monoisotopic (exact) mass is 316 g/mol. The van der Waals surface area contributed by atoms with Crippen molar-refractivity contribution in [2.75, 3.05) is 13.1 Å². The van der Waals surface area contributed by atoms with Gasteiger partial charge in [-0.25, -0.2) is 8.42 Å². The number of nitrogens with zero attached hydrogens (tertiary/aromatic N) is 3. The van der Waals surface area contributed by atoms with Crippen molar-refractivity contribution in [3.63, 3.8) is 0 Å². The number of rotatable bonds is 6. The number of carboxylic acids is 1. The number of sulfonamides is 1. The zero-order chi connectivity index (χ0) is 15.6. The highest BCUT2D eigenvalue weighted by Crippen LogP contribution is 2.23. The first-order valence-electron chi connectivity index (χ1n) is 6.34. The standard InChI is InChI=1S/C11H16N4O5S/c12-11(18)8-1-4-15(6-8)21(19,20)9-5-13-14(7-9)3-2-10(16)17/h5,7-8H,1-4,6H2,(H2,12,18)(H,16,17). The number of carbonyl (C=O) groups excluding carboxylic acids is 1. The average Bonchev–Trinajstić information content (AvgIpc) is 3.06. The number of aliphatic carboxylic acids is 1. The maximum Gasteiger partial charge on any atom is 0.305 e. The van der Waals surface area contributed by atoms with Crippen LogP contribution in [0.2, 0.25) is 0 Å². The molecule has 0 bridgehead atoms. The second-order valence-electron chi connectivity index (χ2n) is 4.83. The van der Waals surface area contributed by atoms with Gasteiger partial charge >= 0.3 is 5.97 Å². The first-order chi connectivity index (χ1) is 9.80. The lowest BCUT2D eigenvalue weighted by molar-refractivity contribution is -0.137. The molecule has 1 atom stereocenters. The van der Waals surface area contributed by atoms with Crippen molar-refractivity contribution >= 4 is 21.9 Å². The maximum absolute atomic E-state index is 12.4. The Kier molecular flexibility index (Phi) is 4.28. The second kappa shape index (κ2) is 5.82. The number of nitrogens with two attached hydrogens (primary N) is 1. The smallest absolute Gasteiger partial charge is 0.305 e. The number of primary amides is 1. The average molecular weight is 316 g/mol. The Morgan fingerprint density at radius 3 is 2.76 bits per heavy atom. The molecule has 1 amide bonds. The highest BCUT2D eigenvalue weighted by molar-refractivity contribution is 7.89. The predicted octanol–water partition coefficient (Wildman–Crippen LogP) is -1.15. The van der Waals surface area contributed by atoms with Gasteiger partial charge < -0.3 is 10.8 Å². The summed E-state index contributed by atoms with van der Waals surface area (Å²) >= 11 is 0. The van der Waals surface area contributed by atoms with Crippen molar-refractivity contribution in [3.8, 4) is 0 Å². The van der Waals surface area contributed by atoms with Crippen molar-refractivity contribution in [1.29, 1.82) is 0 Å². The van der Waals surface area contributed by atoms with Crippen LogP contribution in [0.1, 0.15) is 12.8 Å². The molecular formula is C11H16N4O5S. The minimum Gasteiger partial charge on any atom is -0.481 e. The summed E-state index contributed by atoms with van der Waals surface area (Å²) in [6, 6.07) is 0. The molecule has 1 aliphatic rings. The van der Waals surface area contributed by atoms with Crippen molar-refractivity contribution < 1.29 is 23.1 Å². The molecule has 1 fully saturated rings. The number of aryl methyl sites for hydroxylation is 1. The van der Waals surface area contributed by atoms with Crippen LogP contribution in [0.3, 0.4) is 0 Å². The molecule has 2 heterocycles. The summed E-state index contributed by atoms with van der Waals surface area (Å²) < 4.78 is 27.2. The second-order valence-corrected chi connectivity index (χ2v) is 6.77. The van der Waals surface area contributed by atoms with E-state index in [1.807, 2.05) is 0 Å². The lowest BCUT2D eigenvalue weighted by atomic mass is 10.1. The van der Waals surface area contributed by atoms with E-state index in [0.29, 0.717) is 6.42 Å². The van der Waals surface area contributed by atoms with E-state index < -0.39 is 27.8 Å². The van der Waals surface area contributed by atoms with E-state index in [4.69, 9.17) is 10.8 Å². The molecular weight excluding hydrogens is 300 g/mol. The van der Waals surface area contributed by atoms with Gasteiger partial charge in [0.1, 0.15) is 4.90 Å². The molecule has 0 spiro atoms. The topological polar surface area (TPSA) is 136 Å². The molecule has 3 N–H and O–H groups in total. The van der Waals surface area contributed by atoms with Gasteiger partial charge in [-0.15, -0.1) is 0 Å². The van der Waals surface area contributed by atoms with Crippen molar-refractivity contribution in [1.82, 2.24) is 14.1 Å². The fraction of sp³-hybridized carbons (Fsp3) is 0.545. The molecule has 2 rings (SSSR count). The number of carboxylic acid groups (broad SMARTS) is 1. The zero-order valence-corrected chi connectivity index (χ0v) is 12.0. The molecule has 1 aromatic rings. The fourth-order valence-electron chi connectivity index (χ4n) is 2.14. The van der Waals surface area contributed by atoms with Gasteiger partial charge in [0.2, 0.25) is 15.9 Å². The van der Waals surface area contributed by atoms with Crippen LogP contribution in [0.15, 0.2) is 17.3 Å². The van der Waals surface area contributed by atoms with Crippen LogP contribution < -0.4 is 5.73 Å². The van der Waals surface area contributed by atoms with E-state index in [-0.39, 0.29) is 31.0 Å². The fourth-order valence-corrected chi connectivity index (χ4v) is 3.59. The summed E-state index contributed by atoms with van der Waals surface area (Å²) in [5.41, 5.74) is 5.18. The Bertz CT molecular complexity index is 653. The lowest BCUT2D eigenvalue weighted by Crippen LogP contribution is -2.31. The molecule has 21 heavy (non-hydrogen) atoms. The van der Waals surface area contributed by atoms with Gasteiger partial charge in [0.15, 0.2) is 0 Å². The largest absolute Gasteiger partial charge is 0.481 e. The van der Waals surface area contributed by atoms with Crippen LogP contribution in [0.5, 0.6) is 0 Å². The van der Waals surface area contributed by atoms with Crippen molar-refractivity contribution in [2.24, 2.45) is 11.7 Å². The Morgan fingerprint density at radius 2 is 2.19 bits per heavy atom. The Labute approximate surface area is 121 Å². The highest BCUT2D eigenvalue weighted by Gasteiger charge is 2.35. The van der Waals surface area contributed by atoms with E-state index in [9.17, 15) is 18.0 Å². The highest BCUT2D eigenvalue weighted by atomic mass is 32.2. The van der Waals surface area contributed by atoms with Crippen LogP contribution in [0.25, 0.3) is 0 Å². The minimum atomic E-state index is -3.73. The molecule has 0 radical (unpaired) electrons. The summed E-state index contributed by atoms with van der Waals surface area (Å²) in [4.78, 5) is 21.6. The van der Waals surface area contributed by atoms with Crippen LogP contribution >= 0.6 is 0 Å².